The minimum atomic E-state index is -1.09. The smallest absolute Gasteiger partial charge is 0.293 e. The maximum atomic E-state index is 13.6. The van der Waals surface area contributed by atoms with E-state index >= 15 is 0 Å². The monoisotopic (exact) mass is 500 g/mol. The van der Waals surface area contributed by atoms with Crippen LogP contribution in [0.25, 0.3) is 0 Å². The molecule has 0 bridgehead atoms. The van der Waals surface area contributed by atoms with E-state index in [1.807, 2.05) is 4.57 Å². The van der Waals surface area contributed by atoms with E-state index in [9.17, 15) is 23.2 Å². The second-order valence-electron chi connectivity index (χ2n) is 9.37. The Balaban J connectivity index is 1.43. The minimum Gasteiger partial charge on any atom is -0.399 e. The number of fused-ring (bicyclic) bond motifs is 3. The van der Waals surface area contributed by atoms with Gasteiger partial charge in [-0.2, -0.15) is 0 Å². The molecule has 1 saturated heterocycles. The number of benzene rings is 1. The van der Waals surface area contributed by atoms with Gasteiger partial charge >= 0.3 is 0 Å². The molecule has 0 spiro atoms. The third-order valence-corrected chi connectivity index (χ3v) is 7.02. The van der Waals surface area contributed by atoms with Gasteiger partial charge in [0.15, 0.2) is 11.6 Å². The zero-order valence-electron chi connectivity index (χ0n) is 19.7. The van der Waals surface area contributed by atoms with Crippen molar-refractivity contribution in [3.05, 3.63) is 64.2 Å². The molecule has 3 aliphatic rings. The molecule has 12 heteroatoms. The second-order valence-corrected chi connectivity index (χ2v) is 9.37. The number of nitrogens with two attached hydrogens (primary N) is 1. The molecule has 1 aromatic heterocycles. The van der Waals surface area contributed by atoms with Crippen LogP contribution in [0.4, 0.5) is 14.5 Å². The number of carbonyl (C=O) groups excluding carboxylic acids is 3. The molecule has 3 heterocycles. The Bertz CT molecular complexity index is 1320. The summed E-state index contributed by atoms with van der Waals surface area (Å²) in [6, 6.07) is 3.12. The topological polar surface area (TPSA) is 140 Å². The van der Waals surface area contributed by atoms with Crippen molar-refractivity contribution in [3.63, 3.8) is 0 Å². The van der Waals surface area contributed by atoms with Gasteiger partial charge in [0.05, 0.1) is 24.5 Å². The molecule has 0 unspecified atom stereocenters. The van der Waals surface area contributed by atoms with Crippen LogP contribution < -0.4 is 27.2 Å². The number of nitrogens with zero attached hydrogens (tertiary/aromatic N) is 1. The van der Waals surface area contributed by atoms with E-state index in [2.05, 4.69) is 21.5 Å². The molecule has 5 rings (SSSR count). The number of ketones is 1. The van der Waals surface area contributed by atoms with Gasteiger partial charge in [0.1, 0.15) is 11.2 Å². The zero-order chi connectivity index (χ0) is 25.8. The fourth-order valence-electron chi connectivity index (χ4n) is 4.99. The molecule has 2 aromatic rings. The van der Waals surface area contributed by atoms with Gasteiger partial charge in [-0.1, -0.05) is 0 Å². The number of hydrogen-bond donors (Lipinski definition) is 5. The maximum Gasteiger partial charge on any atom is 0.293 e. The van der Waals surface area contributed by atoms with Crippen LogP contribution in [0.3, 0.4) is 0 Å². The standard InChI is InChI=1S/C24H26F2N6O4/c1-11-19(21(33)23(35)31-24(9-36-10-24)18(27)8-29-28-2)17-6-12-5-16(12)32(17)20(11)22(34)30-13-3-4-14(25)15(26)7-13/h3-4,7-8,12,16,28-29H,5-6,9-10,27H2,1-2H3,(H,30,34)(H,31,35)/b18-8-/t12-,16-/m1/s1. The lowest BCUT2D eigenvalue weighted by molar-refractivity contribution is -0.125. The molecule has 190 valence electrons. The van der Waals surface area contributed by atoms with E-state index in [0.29, 0.717) is 23.6 Å². The Kier molecular flexibility index (Phi) is 5.80. The summed E-state index contributed by atoms with van der Waals surface area (Å²) in [5, 5.41) is 5.28. The summed E-state index contributed by atoms with van der Waals surface area (Å²) in [6.07, 6.45) is 2.91. The predicted octanol–water partition coefficient (Wildman–Crippen LogP) is 1.04. The van der Waals surface area contributed by atoms with E-state index in [1.54, 1.807) is 14.0 Å². The fraction of sp³-hybridized carbons (Fsp3) is 0.375. The Morgan fingerprint density at radius 2 is 1.97 bits per heavy atom. The third kappa shape index (κ3) is 3.82. The van der Waals surface area contributed by atoms with Crippen LogP contribution in [0.2, 0.25) is 0 Å². The van der Waals surface area contributed by atoms with Crippen molar-refractivity contribution in [3.8, 4) is 0 Å². The van der Waals surface area contributed by atoms with Gasteiger partial charge in [0.25, 0.3) is 17.6 Å². The van der Waals surface area contributed by atoms with Crippen LogP contribution in [-0.2, 0) is 16.0 Å². The van der Waals surface area contributed by atoms with E-state index in [-0.39, 0.29) is 41.9 Å². The number of Topliss-reactive ketones (excluding diaryl/α,β-unsaturated/α-hetero) is 1. The normalized spacial score (nSPS) is 21.2. The van der Waals surface area contributed by atoms with E-state index in [4.69, 9.17) is 10.5 Å². The second kappa shape index (κ2) is 8.71. The van der Waals surface area contributed by atoms with Crippen LogP contribution in [0.1, 0.15) is 44.6 Å². The number of nitrogens with one attached hydrogen (secondary N) is 4. The van der Waals surface area contributed by atoms with Crippen molar-refractivity contribution in [1.82, 2.24) is 20.7 Å². The van der Waals surface area contributed by atoms with Gasteiger partial charge in [-0.25, -0.2) is 14.2 Å². The van der Waals surface area contributed by atoms with Crippen LogP contribution in [-0.4, -0.2) is 48.0 Å². The van der Waals surface area contributed by atoms with Crippen molar-refractivity contribution in [2.24, 2.45) is 11.7 Å². The number of aromatic nitrogens is 1. The first-order chi connectivity index (χ1) is 17.2. The Labute approximate surface area is 205 Å². The molecule has 1 saturated carbocycles. The first-order valence-corrected chi connectivity index (χ1v) is 11.5. The van der Waals surface area contributed by atoms with Crippen LogP contribution in [0.5, 0.6) is 0 Å². The SMILES string of the molecule is CNN/C=C(\N)C1(NC(=O)C(=O)c2c(C)c(C(=O)Nc3ccc(F)c(F)c3)n3c2C[C@H]2C[C@H]23)COC1. The van der Waals surface area contributed by atoms with E-state index < -0.39 is 34.8 Å². The molecule has 36 heavy (non-hydrogen) atoms. The highest BCUT2D eigenvalue weighted by Gasteiger charge is 2.51. The fourth-order valence-corrected chi connectivity index (χ4v) is 4.99. The number of carbonyl (C=O) groups is 3. The van der Waals surface area contributed by atoms with E-state index in [1.165, 1.54) is 12.3 Å². The highest BCUT2D eigenvalue weighted by atomic mass is 19.2. The van der Waals surface area contributed by atoms with Crippen molar-refractivity contribution in [2.75, 3.05) is 25.6 Å². The first-order valence-electron chi connectivity index (χ1n) is 11.5. The zero-order valence-corrected chi connectivity index (χ0v) is 19.7. The van der Waals surface area contributed by atoms with Gasteiger partial charge in [0, 0.05) is 36.7 Å². The lowest BCUT2D eigenvalue weighted by Gasteiger charge is -2.42. The number of anilines is 1. The highest BCUT2D eigenvalue weighted by molar-refractivity contribution is 6.44. The summed E-state index contributed by atoms with van der Waals surface area (Å²) in [7, 11) is 1.65. The van der Waals surface area contributed by atoms with Gasteiger partial charge in [-0.05, 0) is 43.4 Å². The van der Waals surface area contributed by atoms with E-state index in [0.717, 1.165) is 18.6 Å². The van der Waals surface area contributed by atoms with Gasteiger partial charge < -0.3 is 31.1 Å². The molecule has 1 aromatic carbocycles. The summed E-state index contributed by atoms with van der Waals surface area (Å²) in [4.78, 5) is 39.7. The molecular weight excluding hydrogens is 474 g/mol. The predicted molar refractivity (Wildman–Crippen MR) is 125 cm³/mol. The molecular formula is C24H26F2N6O4. The number of halogens is 2. The van der Waals surface area contributed by atoms with Crippen LogP contribution in [0.15, 0.2) is 30.1 Å². The number of ether oxygens (including phenoxy) is 1. The third-order valence-electron chi connectivity index (χ3n) is 7.02. The quantitative estimate of drug-likeness (QED) is 0.207. The summed E-state index contributed by atoms with van der Waals surface area (Å²) in [5.74, 6) is -4.02. The van der Waals surface area contributed by atoms with Crippen molar-refractivity contribution in [2.45, 2.75) is 31.3 Å². The summed E-state index contributed by atoms with van der Waals surface area (Å²) in [5.41, 5.74) is 12.3. The van der Waals surface area contributed by atoms with Gasteiger partial charge in [-0.3, -0.25) is 14.4 Å². The van der Waals surface area contributed by atoms with Crippen LogP contribution >= 0.6 is 0 Å². The van der Waals surface area contributed by atoms with Crippen molar-refractivity contribution < 1.29 is 27.9 Å². The number of amides is 2. The van der Waals surface area contributed by atoms with Crippen molar-refractivity contribution in [1.29, 1.82) is 0 Å². The maximum absolute atomic E-state index is 13.6. The molecule has 2 atom stereocenters. The number of hydrogen-bond acceptors (Lipinski definition) is 7. The number of hydrazine groups is 1. The van der Waals surface area contributed by atoms with Gasteiger partial charge in [0.2, 0.25) is 0 Å². The molecule has 0 radical (unpaired) electrons. The lowest BCUT2D eigenvalue weighted by atomic mass is 9.92. The van der Waals surface area contributed by atoms with Crippen molar-refractivity contribution >= 4 is 23.3 Å². The molecule has 6 N–H and O–H groups in total. The summed E-state index contributed by atoms with van der Waals surface area (Å²) < 4.78 is 34.0. The average molecular weight is 501 g/mol. The Morgan fingerprint density at radius 1 is 1.22 bits per heavy atom. The molecule has 2 aliphatic heterocycles. The largest absolute Gasteiger partial charge is 0.399 e. The van der Waals surface area contributed by atoms with Crippen LogP contribution in [0, 0.1) is 24.5 Å². The molecule has 2 fully saturated rings. The minimum absolute atomic E-state index is 0.0617. The Hall–Kier alpha value is -3.77. The number of rotatable bonds is 8. The average Bonchev–Trinajstić information content (AvgIpc) is 3.39. The lowest BCUT2D eigenvalue weighted by Crippen LogP contribution is -2.66. The summed E-state index contributed by atoms with van der Waals surface area (Å²) >= 11 is 0. The summed E-state index contributed by atoms with van der Waals surface area (Å²) in [6.45, 7) is 1.83. The van der Waals surface area contributed by atoms with Gasteiger partial charge in [-0.15, -0.1) is 0 Å². The molecule has 1 aliphatic carbocycles. The molecule has 2 amide bonds. The Morgan fingerprint density at radius 3 is 2.61 bits per heavy atom. The molecule has 10 nitrogen and oxygen atoms in total. The highest BCUT2D eigenvalue weighted by Crippen LogP contribution is 2.54. The first kappa shape index (κ1) is 23.9.